The first-order valence-electron chi connectivity index (χ1n) is 5.22. The first-order chi connectivity index (χ1) is 7.55. The lowest BCUT2D eigenvalue weighted by Crippen LogP contribution is -2.24. The molecule has 0 aromatic heterocycles. The van der Waals surface area contributed by atoms with Gasteiger partial charge in [0.2, 0.25) is 0 Å². The van der Waals surface area contributed by atoms with Gasteiger partial charge in [0.15, 0.2) is 0 Å². The molecule has 4 heteroatoms. The summed E-state index contributed by atoms with van der Waals surface area (Å²) in [6.45, 7) is 2.14. The monoisotopic (exact) mass is 229 g/mol. The summed E-state index contributed by atoms with van der Waals surface area (Å²) in [6.07, 6.45) is -2.87. The average Bonchev–Trinajstić information content (AvgIpc) is 2.24. The van der Waals surface area contributed by atoms with E-state index in [4.69, 9.17) is 0 Å². The van der Waals surface area contributed by atoms with Gasteiger partial charge >= 0.3 is 6.18 Å². The van der Waals surface area contributed by atoms with Crippen molar-refractivity contribution in [2.45, 2.75) is 25.9 Å². The van der Waals surface area contributed by atoms with Crippen molar-refractivity contribution in [2.75, 3.05) is 6.54 Å². The quantitative estimate of drug-likeness (QED) is 0.549. The second kappa shape index (κ2) is 5.68. The molecule has 16 heavy (non-hydrogen) atoms. The van der Waals surface area contributed by atoms with Crippen LogP contribution in [0.3, 0.4) is 0 Å². The molecule has 0 atom stereocenters. The van der Waals surface area contributed by atoms with E-state index in [-0.39, 0.29) is 12.1 Å². The Kier molecular flexibility index (Phi) is 4.52. The van der Waals surface area contributed by atoms with Gasteiger partial charge in [-0.1, -0.05) is 43.7 Å². The minimum atomic E-state index is -4.38. The zero-order valence-corrected chi connectivity index (χ0v) is 9.09. The molecule has 1 rings (SSSR count). The fourth-order valence-electron chi connectivity index (χ4n) is 1.29. The number of alkyl halides is 3. The smallest absolute Gasteiger partial charge is 0.280 e. The standard InChI is InChI=1S/C12H14F3N/c1-2-3-9-16-11(12(13,14)15)10-7-5-4-6-8-10/h4-8H,2-3,9H2,1H3. The Bertz CT molecular complexity index is 341. The van der Waals surface area contributed by atoms with Gasteiger partial charge in [0.25, 0.3) is 0 Å². The van der Waals surface area contributed by atoms with Gasteiger partial charge in [0.05, 0.1) is 0 Å². The Hall–Kier alpha value is -1.32. The normalized spacial score (nSPS) is 12.9. The second-order valence-electron chi connectivity index (χ2n) is 3.45. The lowest BCUT2D eigenvalue weighted by atomic mass is 10.1. The lowest BCUT2D eigenvalue weighted by molar-refractivity contribution is -0.0582. The number of nitrogens with zero attached hydrogens (tertiary/aromatic N) is 1. The van der Waals surface area contributed by atoms with Crippen molar-refractivity contribution in [1.82, 2.24) is 0 Å². The molecular weight excluding hydrogens is 215 g/mol. The van der Waals surface area contributed by atoms with Crippen LogP contribution in [0.25, 0.3) is 0 Å². The second-order valence-corrected chi connectivity index (χ2v) is 3.45. The largest absolute Gasteiger partial charge is 0.433 e. The highest BCUT2D eigenvalue weighted by atomic mass is 19.4. The summed E-state index contributed by atoms with van der Waals surface area (Å²) in [5, 5.41) is 0. The van der Waals surface area contributed by atoms with Crippen molar-refractivity contribution in [3.63, 3.8) is 0 Å². The van der Waals surface area contributed by atoms with Crippen LogP contribution in [-0.2, 0) is 0 Å². The number of benzene rings is 1. The van der Waals surface area contributed by atoms with Crippen LogP contribution in [0.5, 0.6) is 0 Å². The van der Waals surface area contributed by atoms with Gasteiger partial charge in [0.1, 0.15) is 5.71 Å². The van der Waals surface area contributed by atoms with Crippen molar-refractivity contribution in [2.24, 2.45) is 4.99 Å². The SMILES string of the molecule is CCCCN=C(c1ccccc1)C(F)(F)F. The van der Waals surface area contributed by atoms with E-state index < -0.39 is 11.9 Å². The summed E-state index contributed by atoms with van der Waals surface area (Å²) in [5.41, 5.74) is -0.646. The van der Waals surface area contributed by atoms with E-state index in [9.17, 15) is 13.2 Å². The average molecular weight is 229 g/mol. The van der Waals surface area contributed by atoms with E-state index in [1.165, 1.54) is 12.1 Å². The van der Waals surface area contributed by atoms with Crippen LogP contribution in [0.15, 0.2) is 35.3 Å². The predicted octanol–water partition coefficient (Wildman–Crippen LogP) is 3.84. The fraction of sp³-hybridized carbons (Fsp3) is 0.417. The van der Waals surface area contributed by atoms with Gasteiger partial charge in [-0.2, -0.15) is 13.2 Å². The summed E-state index contributed by atoms with van der Waals surface area (Å²) in [7, 11) is 0. The number of unbranched alkanes of at least 4 members (excludes halogenated alkanes) is 1. The van der Waals surface area contributed by atoms with E-state index in [0.29, 0.717) is 6.42 Å². The molecule has 0 bridgehead atoms. The van der Waals surface area contributed by atoms with Crippen LogP contribution in [0.4, 0.5) is 13.2 Å². The summed E-state index contributed by atoms with van der Waals surface area (Å²) in [4.78, 5) is 3.65. The fourth-order valence-corrected chi connectivity index (χ4v) is 1.29. The van der Waals surface area contributed by atoms with Crippen LogP contribution >= 0.6 is 0 Å². The van der Waals surface area contributed by atoms with Gasteiger partial charge in [-0.15, -0.1) is 0 Å². The molecule has 0 aliphatic heterocycles. The summed E-state index contributed by atoms with van der Waals surface area (Å²) in [5.74, 6) is 0. The topological polar surface area (TPSA) is 12.4 Å². The highest BCUT2D eigenvalue weighted by molar-refractivity contribution is 6.04. The molecule has 0 radical (unpaired) electrons. The number of aliphatic imine (C=N–C) groups is 1. The molecule has 0 fully saturated rings. The molecule has 0 saturated heterocycles. The first kappa shape index (κ1) is 12.7. The Morgan fingerprint density at radius 3 is 2.31 bits per heavy atom. The number of halogens is 3. The number of hydrogen-bond donors (Lipinski definition) is 0. The van der Waals surface area contributed by atoms with Gasteiger partial charge in [0, 0.05) is 12.1 Å². The molecule has 0 spiro atoms. The first-order valence-corrected chi connectivity index (χ1v) is 5.22. The molecule has 1 nitrogen and oxygen atoms in total. The van der Waals surface area contributed by atoms with Crippen molar-refractivity contribution in [3.05, 3.63) is 35.9 Å². The molecule has 1 aromatic rings. The van der Waals surface area contributed by atoms with Crippen LogP contribution in [0, 0.1) is 0 Å². The summed E-state index contributed by atoms with van der Waals surface area (Å²) in [6, 6.07) is 7.70. The number of hydrogen-bond acceptors (Lipinski definition) is 1. The molecule has 0 saturated carbocycles. The van der Waals surface area contributed by atoms with Crippen LogP contribution in [0.2, 0.25) is 0 Å². The van der Waals surface area contributed by atoms with Gasteiger partial charge in [-0.05, 0) is 6.42 Å². The lowest BCUT2D eigenvalue weighted by Gasteiger charge is -2.10. The van der Waals surface area contributed by atoms with Gasteiger partial charge < -0.3 is 0 Å². The maximum Gasteiger partial charge on any atom is 0.433 e. The van der Waals surface area contributed by atoms with Crippen LogP contribution < -0.4 is 0 Å². The Balaban J connectivity index is 2.93. The van der Waals surface area contributed by atoms with Crippen molar-refractivity contribution in [1.29, 1.82) is 0 Å². The highest BCUT2D eigenvalue weighted by Crippen LogP contribution is 2.22. The van der Waals surface area contributed by atoms with E-state index in [2.05, 4.69) is 4.99 Å². The van der Waals surface area contributed by atoms with E-state index in [0.717, 1.165) is 6.42 Å². The van der Waals surface area contributed by atoms with E-state index in [1.807, 2.05) is 6.92 Å². The number of rotatable bonds is 4. The Morgan fingerprint density at radius 2 is 1.81 bits per heavy atom. The minimum absolute atomic E-state index is 0.131. The summed E-state index contributed by atoms with van der Waals surface area (Å²) < 4.78 is 38.1. The summed E-state index contributed by atoms with van der Waals surface area (Å²) >= 11 is 0. The van der Waals surface area contributed by atoms with Crippen molar-refractivity contribution >= 4 is 5.71 Å². The van der Waals surface area contributed by atoms with Crippen molar-refractivity contribution in [3.8, 4) is 0 Å². The Labute approximate surface area is 93.0 Å². The van der Waals surface area contributed by atoms with Gasteiger partial charge in [-0.25, -0.2) is 0 Å². The zero-order chi connectivity index (χ0) is 12.0. The van der Waals surface area contributed by atoms with E-state index in [1.54, 1.807) is 18.2 Å². The molecule has 88 valence electrons. The van der Waals surface area contributed by atoms with Gasteiger partial charge in [-0.3, -0.25) is 4.99 Å². The third-order valence-electron chi connectivity index (χ3n) is 2.10. The zero-order valence-electron chi connectivity index (χ0n) is 9.09. The molecule has 0 amide bonds. The molecule has 0 aliphatic carbocycles. The molecule has 0 heterocycles. The molecular formula is C12H14F3N. The molecule has 1 aromatic carbocycles. The van der Waals surface area contributed by atoms with Crippen molar-refractivity contribution < 1.29 is 13.2 Å². The Morgan fingerprint density at radius 1 is 1.19 bits per heavy atom. The predicted molar refractivity (Wildman–Crippen MR) is 58.8 cm³/mol. The maximum atomic E-state index is 12.7. The van der Waals surface area contributed by atoms with E-state index >= 15 is 0 Å². The molecule has 0 N–H and O–H groups in total. The third-order valence-corrected chi connectivity index (χ3v) is 2.10. The molecule has 0 unspecified atom stereocenters. The van der Waals surface area contributed by atoms with Crippen LogP contribution in [-0.4, -0.2) is 18.4 Å². The van der Waals surface area contributed by atoms with Crippen LogP contribution in [0.1, 0.15) is 25.3 Å². The highest BCUT2D eigenvalue weighted by Gasteiger charge is 2.36. The minimum Gasteiger partial charge on any atom is -0.280 e. The maximum absolute atomic E-state index is 12.7. The molecule has 0 aliphatic rings. The third kappa shape index (κ3) is 3.68.